The lowest BCUT2D eigenvalue weighted by atomic mass is 10.0. The molecule has 0 atom stereocenters. The molecule has 1 heterocycles. The first-order valence-corrected chi connectivity index (χ1v) is 9.87. The SMILES string of the molecule is COc1ccccc1CNC(=O)C1(C(=O)NCCc2c[nH]c3ccccc23)CC1. The highest BCUT2D eigenvalue weighted by Gasteiger charge is 2.56. The number of aromatic amines is 1. The summed E-state index contributed by atoms with van der Waals surface area (Å²) in [4.78, 5) is 28.6. The molecule has 0 bridgehead atoms. The van der Waals surface area contributed by atoms with Gasteiger partial charge in [0, 0.05) is 35.8 Å². The van der Waals surface area contributed by atoms with Gasteiger partial charge in [-0.25, -0.2) is 0 Å². The Balaban J connectivity index is 1.31. The lowest BCUT2D eigenvalue weighted by Gasteiger charge is -2.16. The van der Waals surface area contributed by atoms with Crippen LogP contribution >= 0.6 is 0 Å². The number of nitrogens with one attached hydrogen (secondary N) is 3. The molecular formula is C23H25N3O3. The summed E-state index contributed by atoms with van der Waals surface area (Å²) in [6, 6.07) is 15.6. The number of rotatable bonds is 8. The quantitative estimate of drug-likeness (QED) is 0.516. The molecule has 3 N–H and O–H groups in total. The monoisotopic (exact) mass is 391 g/mol. The van der Waals surface area contributed by atoms with E-state index in [2.05, 4.69) is 21.7 Å². The van der Waals surface area contributed by atoms with Crippen LogP contribution in [-0.4, -0.2) is 30.5 Å². The molecule has 2 aromatic carbocycles. The first-order valence-electron chi connectivity index (χ1n) is 9.87. The van der Waals surface area contributed by atoms with Gasteiger partial charge in [0.25, 0.3) is 0 Å². The highest BCUT2D eigenvalue weighted by molar-refractivity contribution is 6.07. The Labute approximate surface area is 169 Å². The fourth-order valence-electron chi connectivity index (χ4n) is 3.69. The van der Waals surface area contributed by atoms with Crippen molar-refractivity contribution in [3.63, 3.8) is 0 Å². The van der Waals surface area contributed by atoms with E-state index < -0.39 is 5.41 Å². The van der Waals surface area contributed by atoms with Gasteiger partial charge in [-0.3, -0.25) is 9.59 Å². The summed E-state index contributed by atoms with van der Waals surface area (Å²) in [5.41, 5.74) is 2.20. The topological polar surface area (TPSA) is 83.2 Å². The van der Waals surface area contributed by atoms with Gasteiger partial charge in [0.2, 0.25) is 11.8 Å². The van der Waals surface area contributed by atoms with Crippen molar-refractivity contribution >= 4 is 22.7 Å². The third-order valence-corrected chi connectivity index (χ3v) is 5.61. The van der Waals surface area contributed by atoms with Crippen LogP contribution in [0, 0.1) is 5.41 Å². The van der Waals surface area contributed by atoms with Crippen molar-refractivity contribution in [2.45, 2.75) is 25.8 Å². The molecule has 1 aliphatic carbocycles. The number of carbonyl (C=O) groups is 2. The van der Waals surface area contributed by atoms with Crippen LogP contribution in [-0.2, 0) is 22.6 Å². The van der Waals surface area contributed by atoms with E-state index in [0.29, 0.717) is 32.4 Å². The fourth-order valence-corrected chi connectivity index (χ4v) is 3.69. The minimum Gasteiger partial charge on any atom is -0.496 e. The van der Waals surface area contributed by atoms with Crippen molar-refractivity contribution in [3.05, 3.63) is 65.9 Å². The van der Waals surface area contributed by atoms with Crippen LogP contribution in [0.4, 0.5) is 0 Å². The zero-order valence-corrected chi connectivity index (χ0v) is 16.5. The average Bonchev–Trinajstić information content (AvgIpc) is 3.48. The summed E-state index contributed by atoms with van der Waals surface area (Å²) < 4.78 is 5.31. The lowest BCUT2D eigenvalue weighted by Crippen LogP contribution is -2.43. The van der Waals surface area contributed by atoms with Gasteiger partial charge in [-0.15, -0.1) is 0 Å². The number of aromatic nitrogens is 1. The predicted molar refractivity (Wildman–Crippen MR) is 112 cm³/mol. The van der Waals surface area contributed by atoms with Crippen LogP contribution in [0.2, 0.25) is 0 Å². The van der Waals surface area contributed by atoms with E-state index in [9.17, 15) is 9.59 Å². The normalized spacial score (nSPS) is 14.4. The molecule has 1 saturated carbocycles. The summed E-state index contributed by atoms with van der Waals surface area (Å²) >= 11 is 0. The van der Waals surface area contributed by atoms with Crippen molar-refractivity contribution < 1.29 is 14.3 Å². The third-order valence-electron chi connectivity index (χ3n) is 5.61. The second kappa shape index (κ2) is 7.99. The molecule has 150 valence electrons. The largest absolute Gasteiger partial charge is 0.496 e. The molecule has 6 nitrogen and oxygen atoms in total. The standard InChI is InChI=1S/C23H25N3O3/c1-29-20-9-5-2-6-17(20)15-26-22(28)23(11-12-23)21(27)24-13-10-16-14-25-19-8-4-3-7-18(16)19/h2-9,14,25H,10-13,15H2,1H3,(H,24,27)(H,26,28). The number of hydrogen-bond acceptors (Lipinski definition) is 3. The Hall–Kier alpha value is -3.28. The average molecular weight is 391 g/mol. The van der Waals surface area contributed by atoms with E-state index in [-0.39, 0.29) is 11.8 Å². The number of amides is 2. The van der Waals surface area contributed by atoms with Gasteiger partial charge in [-0.1, -0.05) is 36.4 Å². The molecule has 0 unspecified atom stereocenters. The molecular weight excluding hydrogens is 366 g/mol. The van der Waals surface area contributed by atoms with Crippen molar-refractivity contribution in [1.29, 1.82) is 0 Å². The van der Waals surface area contributed by atoms with Crippen molar-refractivity contribution in [1.82, 2.24) is 15.6 Å². The van der Waals surface area contributed by atoms with Crippen molar-refractivity contribution in [2.24, 2.45) is 5.41 Å². The second-order valence-corrected chi connectivity index (χ2v) is 7.44. The predicted octanol–water partition coefficient (Wildman–Crippen LogP) is 2.93. The minimum atomic E-state index is -0.928. The van der Waals surface area contributed by atoms with E-state index >= 15 is 0 Å². The minimum absolute atomic E-state index is 0.185. The van der Waals surface area contributed by atoms with Gasteiger partial charge in [0.05, 0.1) is 7.11 Å². The summed E-state index contributed by atoms with van der Waals surface area (Å²) in [5, 5.41) is 7.02. The van der Waals surface area contributed by atoms with Gasteiger partial charge in [0.1, 0.15) is 11.2 Å². The molecule has 0 aliphatic heterocycles. The molecule has 6 heteroatoms. The van der Waals surface area contributed by atoms with Crippen LogP contribution in [0.1, 0.15) is 24.0 Å². The molecule has 1 aromatic heterocycles. The molecule has 0 spiro atoms. The smallest absolute Gasteiger partial charge is 0.235 e. The number of methoxy groups -OCH3 is 1. The van der Waals surface area contributed by atoms with E-state index in [1.54, 1.807) is 7.11 Å². The van der Waals surface area contributed by atoms with Crippen LogP contribution < -0.4 is 15.4 Å². The van der Waals surface area contributed by atoms with E-state index in [4.69, 9.17) is 4.74 Å². The zero-order valence-electron chi connectivity index (χ0n) is 16.5. The number of hydrogen-bond donors (Lipinski definition) is 3. The van der Waals surface area contributed by atoms with E-state index in [1.165, 1.54) is 0 Å². The Morgan fingerprint density at radius 1 is 1.00 bits per heavy atom. The number of H-pyrrole nitrogens is 1. The van der Waals surface area contributed by atoms with Gasteiger partial charge < -0.3 is 20.4 Å². The number of para-hydroxylation sites is 2. The van der Waals surface area contributed by atoms with Crippen LogP contribution in [0.5, 0.6) is 5.75 Å². The fraction of sp³-hybridized carbons (Fsp3) is 0.304. The molecule has 1 fully saturated rings. The van der Waals surface area contributed by atoms with Gasteiger partial charge >= 0.3 is 0 Å². The zero-order chi connectivity index (χ0) is 20.3. The molecule has 4 rings (SSSR count). The summed E-state index contributed by atoms with van der Waals surface area (Å²) in [7, 11) is 1.60. The maximum absolute atomic E-state index is 12.7. The maximum Gasteiger partial charge on any atom is 0.235 e. The van der Waals surface area contributed by atoms with E-state index in [0.717, 1.165) is 27.8 Å². The summed E-state index contributed by atoms with van der Waals surface area (Å²) in [6.07, 6.45) is 3.87. The number of ether oxygens (including phenoxy) is 1. The maximum atomic E-state index is 12.7. The van der Waals surface area contributed by atoms with Gasteiger partial charge in [0.15, 0.2) is 0 Å². The lowest BCUT2D eigenvalue weighted by molar-refractivity contribution is -0.137. The Morgan fingerprint density at radius 3 is 2.52 bits per heavy atom. The van der Waals surface area contributed by atoms with E-state index in [1.807, 2.05) is 48.7 Å². The molecule has 29 heavy (non-hydrogen) atoms. The first kappa shape index (κ1) is 19.1. The number of benzene rings is 2. The Morgan fingerprint density at radius 2 is 1.72 bits per heavy atom. The van der Waals surface area contributed by atoms with Gasteiger partial charge in [-0.2, -0.15) is 0 Å². The Kier molecular flexibility index (Phi) is 5.25. The highest BCUT2D eigenvalue weighted by atomic mass is 16.5. The van der Waals surface area contributed by atoms with Crippen molar-refractivity contribution in [2.75, 3.05) is 13.7 Å². The van der Waals surface area contributed by atoms with Gasteiger partial charge in [-0.05, 0) is 37.0 Å². The first-order chi connectivity index (χ1) is 14.1. The van der Waals surface area contributed by atoms with Crippen LogP contribution in [0.25, 0.3) is 10.9 Å². The molecule has 0 saturated heterocycles. The van der Waals surface area contributed by atoms with Crippen LogP contribution in [0.3, 0.4) is 0 Å². The Bertz CT molecular complexity index is 1040. The van der Waals surface area contributed by atoms with Crippen LogP contribution in [0.15, 0.2) is 54.7 Å². The second-order valence-electron chi connectivity index (χ2n) is 7.44. The highest BCUT2D eigenvalue weighted by Crippen LogP contribution is 2.46. The number of fused-ring (bicyclic) bond motifs is 1. The molecule has 3 aromatic rings. The summed E-state index contributed by atoms with van der Waals surface area (Å²) in [5.74, 6) is 0.323. The molecule has 0 radical (unpaired) electrons. The number of carbonyl (C=O) groups excluding carboxylic acids is 2. The third kappa shape index (κ3) is 3.83. The summed E-state index contributed by atoms with van der Waals surface area (Å²) in [6.45, 7) is 0.843. The molecule has 2 amide bonds. The molecule has 1 aliphatic rings. The van der Waals surface area contributed by atoms with Crippen molar-refractivity contribution in [3.8, 4) is 5.75 Å².